The molecule has 98 valence electrons. The molecule has 0 amide bonds. The summed E-state index contributed by atoms with van der Waals surface area (Å²) in [6, 6.07) is 10.2. The van der Waals surface area contributed by atoms with Gasteiger partial charge in [0, 0.05) is 0 Å². The van der Waals surface area contributed by atoms with Gasteiger partial charge in [-0.3, -0.25) is 0 Å². The second-order valence-corrected chi connectivity index (χ2v) is 5.47. The van der Waals surface area contributed by atoms with Crippen molar-refractivity contribution in [3.8, 4) is 6.07 Å². The molecule has 0 aliphatic heterocycles. The molecule has 0 bridgehead atoms. The standard InChI is InChI=1S/C16H21N.CH4/c1-13-2-4-14(5-3-13)6-7-15-8-10-16(12-17)11-9-15;/h8-11,13-14H,2-7H2,1H3;1H4. The third-order valence-corrected chi connectivity index (χ3v) is 4.06. The van der Waals surface area contributed by atoms with E-state index in [1.807, 2.05) is 12.1 Å². The summed E-state index contributed by atoms with van der Waals surface area (Å²) in [5.74, 6) is 1.88. The van der Waals surface area contributed by atoms with Crippen molar-refractivity contribution in [1.29, 1.82) is 5.26 Å². The molecule has 0 heterocycles. The maximum atomic E-state index is 8.74. The third-order valence-electron chi connectivity index (χ3n) is 4.06. The lowest BCUT2D eigenvalue weighted by Crippen LogP contribution is -2.12. The molecule has 18 heavy (non-hydrogen) atoms. The average Bonchev–Trinajstić information content (AvgIpc) is 2.39. The van der Waals surface area contributed by atoms with Crippen LogP contribution in [-0.4, -0.2) is 0 Å². The Labute approximate surface area is 112 Å². The summed E-state index contributed by atoms with van der Waals surface area (Å²) in [4.78, 5) is 0. The van der Waals surface area contributed by atoms with Gasteiger partial charge in [0.1, 0.15) is 0 Å². The van der Waals surface area contributed by atoms with Gasteiger partial charge in [-0.25, -0.2) is 0 Å². The van der Waals surface area contributed by atoms with Crippen LogP contribution in [-0.2, 0) is 6.42 Å². The van der Waals surface area contributed by atoms with Gasteiger partial charge in [-0.05, 0) is 42.4 Å². The maximum Gasteiger partial charge on any atom is 0.0991 e. The van der Waals surface area contributed by atoms with Gasteiger partial charge in [0.2, 0.25) is 0 Å². The number of hydrogen-bond acceptors (Lipinski definition) is 1. The Balaban J connectivity index is 0.00000162. The molecule has 0 atom stereocenters. The smallest absolute Gasteiger partial charge is 0.0991 e. The highest BCUT2D eigenvalue weighted by Gasteiger charge is 2.17. The molecule has 0 saturated heterocycles. The minimum absolute atomic E-state index is 0. The van der Waals surface area contributed by atoms with E-state index in [1.54, 1.807) is 0 Å². The molecule has 0 radical (unpaired) electrons. The summed E-state index contributed by atoms with van der Waals surface area (Å²) in [6.45, 7) is 2.37. The molecular formula is C17H25N. The molecule has 1 heteroatoms. The predicted molar refractivity (Wildman–Crippen MR) is 77.3 cm³/mol. The molecular weight excluding hydrogens is 218 g/mol. The van der Waals surface area contributed by atoms with Gasteiger partial charge in [0.15, 0.2) is 0 Å². The average molecular weight is 243 g/mol. The SMILES string of the molecule is C.CC1CCC(CCc2ccc(C#N)cc2)CC1. The first-order valence-electron chi connectivity index (χ1n) is 6.77. The highest BCUT2D eigenvalue weighted by Crippen LogP contribution is 2.31. The Kier molecular flexibility index (Phi) is 5.92. The first-order valence-corrected chi connectivity index (χ1v) is 6.77. The van der Waals surface area contributed by atoms with Crippen LogP contribution in [0.3, 0.4) is 0 Å². The van der Waals surface area contributed by atoms with Crippen LogP contribution in [0.15, 0.2) is 24.3 Å². The van der Waals surface area contributed by atoms with Gasteiger partial charge in [0.05, 0.1) is 11.6 Å². The van der Waals surface area contributed by atoms with Crippen LogP contribution in [0.1, 0.15) is 57.6 Å². The lowest BCUT2D eigenvalue weighted by atomic mass is 9.80. The first-order chi connectivity index (χ1) is 8.28. The zero-order valence-corrected chi connectivity index (χ0v) is 10.7. The van der Waals surface area contributed by atoms with Crippen molar-refractivity contribution in [3.05, 3.63) is 35.4 Å². The van der Waals surface area contributed by atoms with Crippen molar-refractivity contribution < 1.29 is 0 Å². The molecule has 1 aliphatic carbocycles. The van der Waals surface area contributed by atoms with Crippen molar-refractivity contribution in [2.75, 3.05) is 0 Å². The van der Waals surface area contributed by atoms with E-state index in [1.165, 1.54) is 44.1 Å². The Morgan fingerprint density at radius 3 is 2.28 bits per heavy atom. The first kappa shape index (κ1) is 14.8. The quantitative estimate of drug-likeness (QED) is 0.736. The number of nitrogens with zero attached hydrogens (tertiary/aromatic N) is 1. The molecule has 1 aliphatic rings. The minimum atomic E-state index is 0. The van der Waals surface area contributed by atoms with Crippen LogP contribution >= 0.6 is 0 Å². The summed E-state index contributed by atoms with van der Waals surface area (Å²) in [7, 11) is 0. The van der Waals surface area contributed by atoms with Crippen LogP contribution in [0.25, 0.3) is 0 Å². The molecule has 1 fully saturated rings. The zero-order chi connectivity index (χ0) is 12.1. The Bertz CT molecular complexity index is 377. The van der Waals surface area contributed by atoms with Gasteiger partial charge in [-0.15, -0.1) is 0 Å². The van der Waals surface area contributed by atoms with Crippen LogP contribution in [0, 0.1) is 23.2 Å². The van der Waals surface area contributed by atoms with E-state index < -0.39 is 0 Å². The van der Waals surface area contributed by atoms with Gasteiger partial charge in [-0.2, -0.15) is 5.26 Å². The van der Waals surface area contributed by atoms with Gasteiger partial charge in [-0.1, -0.05) is 52.2 Å². The van der Waals surface area contributed by atoms with E-state index >= 15 is 0 Å². The fourth-order valence-electron chi connectivity index (χ4n) is 2.73. The van der Waals surface area contributed by atoms with E-state index in [-0.39, 0.29) is 7.43 Å². The molecule has 0 aromatic heterocycles. The minimum Gasteiger partial charge on any atom is -0.192 e. The molecule has 0 unspecified atom stereocenters. The number of hydrogen-bond donors (Lipinski definition) is 0. The lowest BCUT2D eigenvalue weighted by molar-refractivity contribution is 0.278. The molecule has 2 rings (SSSR count). The number of nitriles is 1. The zero-order valence-electron chi connectivity index (χ0n) is 10.7. The summed E-state index contributed by atoms with van der Waals surface area (Å²) in [5, 5.41) is 8.74. The molecule has 1 nitrogen and oxygen atoms in total. The fraction of sp³-hybridized carbons (Fsp3) is 0.588. The Morgan fingerprint density at radius 2 is 1.72 bits per heavy atom. The number of rotatable bonds is 3. The van der Waals surface area contributed by atoms with E-state index in [2.05, 4.69) is 25.1 Å². The van der Waals surface area contributed by atoms with Crippen LogP contribution in [0.5, 0.6) is 0 Å². The lowest BCUT2D eigenvalue weighted by Gasteiger charge is -2.26. The van der Waals surface area contributed by atoms with E-state index in [9.17, 15) is 0 Å². The van der Waals surface area contributed by atoms with Gasteiger partial charge < -0.3 is 0 Å². The Morgan fingerprint density at radius 1 is 1.11 bits per heavy atom. The van der Waals surface area contributed by atoms with Gasteiger partial charge >= 0.3 is 0 Å². The highest BCUT2D eigenvalue weighted by atomic mass is 14.2. The normalized spacial score (nSPS) is 22.9. The highest BCUT2D eigenvalue weighted by molar-refractivity contribution is 5.31. The summed E-state index contributed by atoms with van der Waals surface area (Å²) in [5.41, 5.74) is 2.14. The van der Waals surface area contributed by atoms with E-state index in [0.717, 1.165) is 17.4 Å². The second kappa shape index (κ2) is 7.21. The van der Waals surface area contributed by atoms with E-state index in [4.69, 9.17) is 5.26 Å². The molecule has 0 spiro atoms. The number of benzene rings is 1. The largest absolute Gasteiger partial charge is 0.192 e. The summed E-state index contributed by atoms with van der Waals surface area (Å²) in [6.07, 6.45) is 8.15. The van der Waals surface area contributed by atoms with Crippen molar-refractivity contribution >= 4 is 0 Å². The van der Waals surface area contributed by atoms with Crippen molar-refractivity contribution in [3.63, 3.8) is 0 Å². The molecule has 1 aromatic rings. The summed E-state index contributed by atoms with van der Waals surface area (Å²) >= 11 is 0. The van der Waals surface area contributed by atoms with Crippen molar-refractivity contribution in [2.45, 2.75) is 52.9 Å². The maximum absolute atomic E-state index is 8.74. The molecule has 1 aromatic carbocycles. The van der Waals surface area contributed by atoms with E-state index in [0.29, 0.717) is 0 Å². The van der Waals surface area contributed by atoms with Crippen molar-refractivity contribution in [2.24, 2.45) is 11.8 Å². The van der Waals surface area contributed by atoms with Crippen molar-refractivity contribution in [1.82, 2.24) is 0 Å². The third kappa shape index (κ3) is 4.18. The topological polar surface area (TPSA) is 23.8 Å². The van der Waals surface area contributed by atoms with Gasteiger partial charge in [0.25, 0.3) is 0 Å². The summed E-state index contributed by atoms with van der Waals surface area (Å²) < 4.78 is 0. The number of aryl methyl sites for hydroxylation is 1. The molecule has 0 N–H and O–H groups in total. The van der Waals surface area contributed by atoms with Crippen LogP contribution < -0.4 is 0 Å². The predicted octanol–water partition coefficient (Wildman–Crippen LogP) is 4.95. The Hall–Kier alpha value is -1.29. The fourth-order valence-corrected chi connectivity index (χ4v) is 2.73. The monoisotopic (exact) mass is 243 g/mol. The van der Waals surface area contributed by atoms with Crippen LogP contribution in [0.2, 0.25) is 0 Å². The van der Waals surface area contributed by atoms with Crippen LogP contribution in [0.4, 0.5) is 0 Å². The second-order valence-electron chi connectivity index (χ2n) is 5.47. The molecule has 1 saturated carbocycles.